The van der Waals surface area contributed by atoms with E-state index in [1.165, 1.54) is 0 Å². The Bertz CT molecular complexity index is 559. The van der Waals surface area contributed by atoms with E-state index < -0.39 is 11.9 Å². The van der Waals surface area contributed by atoms with E-state index in [4.69, 9.17) is 21.2 Å². The largest absolute Gasteiger partial charge is 0.478 e. The molecule has 1 aromatic rings. The number of nitrogens with two attached hydrogens (primary N) is 1. The highest BCUT2D eigenvalue weighted by molar-refractivity contribution is 5.97. The third-order valence-electron chi connectivity index (χ3n) is 2.39. The fourth-order valence-electron chi connectivity index (χ4n) is 1.54. The van der Waals surface area contributed by atoms with Gasteiger partial charge in [0.1, 0.15) is 5.69 Å². The molecule has 0 heterocycles. The highest BCUT2D eigenvalue weighted by atomic mass is 16.6. The fourth-order valence-corrected chi connectivity index (χ4v) is 1.54. The quantitative estimate of drug-likeness (QED) is 0.277. The number of carboxylic acids is 2. The summed E-state index contributed by atoms with van der Waals surface area (Å²) in [5.41, 5.74) is 4.66. The molecule has 20 heavy (non-hydrogen) atoms. The predicted molar refractivity (Wildman–Crippen MR) is 63.0 cm³/mol. The van der Waals surface area contributed by atoms with Crippen LogP contribution in [0.3, 0.4) is 0 Å². The summed E-state index contributed by atoms with van der Waals surface area (Å²) in [6, 6.07) is 3.19. The summed E-state index contributed by atoms with van der Waals surface area (Å²) >= 11 is 0. The van der Waals surface area contributed by atoms with Gasteiger partial charge in [-0.3, -0.25) is 0 Å². The van der Waals surface area contributed by atoms with Crippen molar-refractivity contribution in [3.05, 3.63) is 29.3 Å². The van der Waals surface area contributed by atoms with Crippen LogP contribution in [0.15, 0.2) is 23.5 Å². The second-order valence-corrected chi connectivity index (χ2v) is 3.61. The molecule has 0 unspecified atom stereocenters. The first-order valence-corrected chi connectivity index (χ1v) is 5.34. The fraction of sp³-hybridized carbons (Fsp3) is 0.200. The highest BCUT2D eigenvalue weighted by Gasteiger charge is 2.27. The lowest BCUT2D eigenvalue weighted by Crippen LogP contribution is -2.37. The third-order valence-corrected chi connectivity index (χ3v) is 2.39. The highest BCUT2D eigenvalue weighted by Crippen LogP contribution is 2.22. The van der Waals surface area contributed by atoms with E-state index in [1.54, 1.807) is 0 Å². The van der Waals surface area contributed by atoms with Crippen LogP contribution in [0.4, 0.5) is 5.69 Å². The van der Waals surface area contributed by atoms with Crippen LogP contribution in [0.5, 0.6) is 0 Å². The molecule has 0 radical (unpaired) electrons. The Labute approximate surface area is 112 Å². The van der Waals surface area contributed by atoms with Crippen molar-refractivity contribution in [1.82, 2.24) is 0 Å². The number of hydrogen-bond acceptors (Lipinski definition) is 4. The number of aromatic carboxylic acids is 2. The lowest BCUT2D eigenvalue weighted by atomic mass is 10.1. The molecular formula is C10H13N4O6+. The number of benzene rings is 1. The summed E-state index contributed by atoms with van der Waals surface area (Å²) in [6.07, 6.45) is 0. The van der Waals surface area contributed by atoms with Crippen molar-refractivity contribution in [2.45, 2.75) is 0 Å². The van der Waals surface area contributed by atoms with Crippen molar-refractivity contribution >= 4 is 17.6 Å². The van der Waals surface area contributed by atoms with Gasteiger partial charge < -0.3 is 21.2 Å². The molecule has 0 aliphatic rings. The zero-order chi connectivity index (χ0) is 15.3. The minimum Gasteiger partial charge on any atom is -0.478 e. The van der Waals surface area contributed by atoms with Gasteiger partial charge in [-0.1, -0.05) is 5.01 Å². The van der Waals surface area contributed by atoms with Gasteiger partial charge in [0.25, 0.3) is 10.2 Å². The molecule has 0 saturated heterocycles. The van der Waals surface area contributed by atoms with E-state index in [0.717, 1.165) is 23.2 Å². The average Bonchev–Trinajstić information content (AvgIpc) is 2.43. The normalized spacial score (nSPS) is 11.2. The predicted octanol–water partition coefficient (Wildman–Crippen LogP) is 0.00620. The second kappa shape index (κ2) is 6.33. The molecular weight excluding hydrogens is 272 g/mol. The van der Waals surface area contributed by atoms with Gasteiger partial charge in [0.05, 0.1) is 17.7 Å². The van der Waals surface area contributed by atoms with Crippen LogP contribution in [-0.2, 0) is 0 Å². The van der Waals surface area contributed by atoms with E-state index in [1.807, 2.05) is 0 Å². The van der Waals surface area contributed by atoms with E-state index in [0.29, 0.717) is 0 Å². The minimum atomic E-state index is -1.34. The van der Waals surface area contributed by atoms with Crippen molar-refractivity contribution in [2.24, 2.45) is 11.0 Å². The number of rotatable bonds is 6. The van der Waals surface area contributed by atoms with Gasteiger partial charge in [0.2, 0.25) is 0 Å². The van der Waals surface area contributed by atoms with Crippen molar-refractivity contribution < 1.29 is 35.2 Å². The summed E-state index contributed by atoms with van der Waals surface area (Å²) in [6.45, 7) is -0.118. The standard InChI is InChI=1S/C10H12N4O6/c11-3-4-13(14(20)12-19)8-5-6(9(15)16)1-2-7(8)10(17)18/h1-2,5,20H,3-4,11H2,(H2,15,16,17,18)/p+1. The van der Waals surface area contributed by atoms with Gasteiger partial charge in [-0.25, -0.2) is 14.8 Å². The summed E-state index contributed by atoms with van der Waals surface area (Å²) in [5.74, 6) is -2.62. The van der Waals surface area contributed by atoms with Crippen LogP contribution in [-0.4, -0.2) is 50.6 Å². The molecule has 0 amide bonds. The lowest BCUT2D eigenvalue weighted by molar-refractivity contribution is -0.844. The van der Waals surface area contributed by atoms with Crippen molar-refractivity contribution in [3.63, 3.8) is 0 Å². The monoisotopic (exact) mass is 285 g/mol. The van der Waals surface area contributed by atoms with Gasteiger partial charge in [-0.15, -0.1) is 0 Å². The third kappa shape index (κ3) is 3.11. The first kappa shape index (κ1) is 15.2. The molecule has 6 N–H and O–H groups in total. The molecule has 0 saturated carbocycles. The molecule has 0 atom stereocenters. The molecule has 1 aromatic carbocycles. The number of hydrogen-bond donors (Lipinski definition) is 5. The number of carboxylic acid groups (broad SMARTS) is 2. The van der Waals surface area contributed by atoms with E-state index in [9.17, 15) is 14.8 Å². The first-order chi connectivity index (χ1) is 9.42. The Hall–Kier alpha value is -2.88. The number of nitrogens with zero attached hydrogens (tertiary/aromatic N) is 3. The number of carbonyl (C=O) groups is 2. The minimum absolute atomic E-state index is 0.0110. The molecule has 0 fully saturated rings. The first-order valence-electron chi connectivity index (χ1n) is 5.34. The van der Waals surface area contributed by atoms with Crippen LogP contribution in [0.25, 0.3) is 0 Å². The Morgan fingerprint density at radius 3 is 2.40 bits per heavy atom. The van der Waals surface area contributed by atoms with Crippen LogP contribution in [0, 0.1) is 0 Å². The molecule has 1 rings (SSSR count). The van der Waals surface area contributed by atoms with E-state index in [2.05, 4.69) is 5.28 Å². The molecule has 0 aliphatic heterocycles. The SMILES string of the molecule is NCCN(c1cc(C(=O)O)ccc1C(=O)O)[N+](O)=NO. The smallest absolute Gasteiger partial charge is 0.338 e. The molecule has 0 aromatic heterocycles. The van der Waals surface area contributed by atoms with Crippen LogP contribution >= 0.6 is 0 Å². The van der Waals surface area contributed by atoms with Crippen LogP contribution in [0.1, 0.15) is 20.7 Å². The molecule has 10 nitrogen and oxygen atoms in total. The zero-order valence-electron chi connectivity index (χ0n) is 10.2. The summed E-state index contributed by atoms with van der Waals surface area (Å²) in [4.78, 5) is 22.0. The van der Waals surface area contributed by atoms with Gasteiger partial charge in [0, 0.05) is 6.54 Å². The van der Waals surface area contributed by atoms with Gasteiger partial charge >= 0.3 is 11.9 Å². The molecule has 0 bridgehead atoms. The molecule has 108 valence electrons. The average molecular weight is 285 g/mol. The van der Waals surface area contributed by atoms with E-state index in [-0.39, 0.29) is 34.9 Å². The Balaban J connectivity index is 3.46. The van der Waals surface area contributed by atoms with Crippen molar-refractivity contribution in [1.29, 1.82) is 0 Å². The van der Waals surface area contributed by atoms with Gasteiger partial charge in [-0.05, 0) is 18.2 Å². The maximum Gasteiger partial charge on any atom is 0.338 e. The van der Waals surface area contributed by atoms with Gasteiger partial charge in [-0.2, -0.15) is 0 Å². The van der Waals surface area contributed by atoms with E-state index >= 15 is 0 Å². The number of hydrazine groups is 1. The maximum absolute atomic E-state index is 11.1. The van der Waals surface area contributed by atoms with Gasteiger partial charge in [0.15, 0.2) is 0 Å². The van der Waals surface area contributed by atoms with Crippen molar-refractivity contribution in [3.8, 4) is 0 Å². The Kier molecular flexibility index (Phi) is 4.81. The molecule has 10 heteroatoms. The second-order valence-electron chi connectivity index (χ2n) is 3.61. The van der Waals surface area contributed by atoms with Crippen LogP contribution < -0.4 is 10.7 Å². The molecule has 0 aliphatic carbocycles. The maximum atomic E-state index is 11.1. The summed E-state index contributed by atoms with van der Waals surface area (Å²) < 4.78 is 0. The number of anilines is 1. The molecule has 0 spiro atoms. The Morgan fingerprint density at radius 1 is 1.30 bits per heavy atom. The zero-order valence-corrected chi connectivity index (χ0v) is 10.2. The van der Waals surface area contributed by atoms with Crippen LogP contribution in [0.2, 0.25) is 0 Å². The Morgan fingerprint density at radius 2 is 1.95 bits per heavy atom. The summed E-state index contributed by atoms with van der Waals surface area (Å²) in [5, 5.41) is 39.2. The topological polar surface area (TPSA) is 160 Å². The lowest BCUT2D eigenvalue weighted by Gasteiger charge is -2.14. The van der Waals surface area contributed by atoms with Crippen molar-refractivity contribution in [2.75, 3.05) is 18.1 Å². The summed E-state index contributed by atoms with van der Waals surface area (Å²) in [7, 11) is 0.